The van der Waals surface area contributed by atoms with Gasteiger partial charge < -0.3 is 0 Å². The van der Waals surface area contributed by atoms with Gasteiger partial charge in [-0.2, -0.15) is 5.26 Å². The molecule has 2 rings (SSSR count). The molecule has 0 aromatic carbocycles. The van der Waals surface area contributed by atoms with E-state index in [-0.39, 0.29) is 5.78 Å². The molecule has 0 fully saturated rings. The Bertz CT molecular complexity index is 539. The van der Waals surface area contributed by atoms with E-state index in [0.717, 1.165) is 8.66 Å². The van der Waals surface area contributed by atoms with Gasteiger partial charge in [0, 0.05) is 15.8 Å². The summed E-state index contributed by atoms with van der Waals surface area (Å²) >= 11 is 6.19. The molecular formula is C11H6BrNOS2. The number of Topliss-reactive ketones (excluding diaryl/α,β-unsaturated/α-hetero) is 1. The molecule has 2 heterocycles. The number of nitriles is 1. The van der Waals surface area contributed by atoms with Crippen LogP contribution in [0.1, 0.15) is 21.2 Å². The molecular weight excluding hydrogens is 306 g/mol. The lowest BCUT2D eigenvalue weighted by atomic mass is 10.00. The van der Waals surface area contributed by atoms with Gasteiger partial charge in [0.25, 0.3) is 0 Å². The van der Waals surface area contributed by atoms with E-state index >= 15 is 0 Å². The summed E-state index contributed by atoms with van der Waals surface area (Å²) in [5.74, 6) is -0.812. The molecule has 0 amide bonds. The second-order valence-electron chi connectivity index (χ2n) is 3.08. The summed E-state index contributed by atoms with van der Waals surface area (Å²) in [6.07, 6.45) is 0. The molecule has 16 heavy (non-hydrogen) atoms. The maximum Gasteiger partial charge on any atom is 0.186 e. The summed E-state index contributed by atoms with van der Waals surface area (Å²) < 4.78 is 0.902. The first-order valence-electron chi connectivity index (χ1n) is 4.43. The molecule has 0 aliphatic heterocycles. The number of carbonyl (C=O) groups excluding carboxylic acids is 1. The first-order chi connectivity index (χ1) is 7.72. The molecule has 0 aliphatic rings. The topological polar surface area (TPSA) is 40.9 Å². The Morgan fingerprint density at radius 1 is 1.50 bits per heavy atom. The lowest BCUT2D eigenvalue weighted by Gasteiger charge is -2.03. The highest BCUT2D eigenvalue weighted by Crippen LogP contribution is 2.28. The largest absolute Gasteiger partial charge is 0.292 e. The van der Waals surface area contributed by atoms with Gasteiger partial charge in [-0.15, -0.1) is 22.7 Å². The predicted molar refractivity (Wildman–Crippen MR) is 69.0 cm³/mol. The number of thiophene rings is 2. The van der Waals surface area contributed by atoms with Crippen LogP contribution in [0.2, 0.25) is 0 Å². The molecule has 1 unspecified atom stereocenters. The summed E-state index contributed by atoms with van der Waals surface area (Å²) in [6.45, 7) is 0. The van der Waals surface area contributed by atoms with Crippen LogP contribution in [0.3, 0.4) is 0 Å². The fraction of sp³-hybridized carbons (Fsp3) is 0.0909. The lowest BCUT2D eigenvalue weighted by Crippen LogP contribution is -2.08. The fourth-order valence-electron chi connectivity index (χ4n) is 1.31. The third kappa shape index (κ3) is 2.24. The summed E-state index contributed by atoms with van der Waals surface area (Å²) in [7, 11) is 0. The van der Waals surface area contributed by atoms with E-state index in [1.165, 1.54) is 22.7 Å². The summed E-state index contributed by atoms with van der Waals surface area (Å²) in [5, 5.41) is 12.7. The third-order valence-electron chi connectivity index (χ3n) is 2.07. The van der Waals surface area contributed by atoms with Crippen LogP contribution in [0.5, 0.6) is 0 Å². The average Bonchev–Trinajstić information content (AvgIpc) is 2.90. The zero-order valence-corrected chi connectivity index (χ0v) is 11.2. The van der Waals surface area contributed by atoms with E-state index in [1.807, 2.05) is 17.5 Å². The van der Waals surface area contributed by atoms with Gasteiger partial charge in [0.1, 0.15) is 5.92 Å². The highest BCUT2D eigenvalue weighted by atomic mass is 79.9. The van der Waals surface area contributed by atoms with E-state index in [0.29, 0.717) is 5.56 Å². The minimum Gasteiger partial charge on any atom is -0.292 e. The van der Waals surface area contributed by atoms with Gasteiger partial charge >= 0.3 is 0 Å². The van der Waals surface area contributed by atoms with Crippen molar-refractivity contribution in [3.8, 4) is 6.07 Å². The number of rotatable bonds is 3. The van der Waals surface area contributed by atoms with Gasteiger partial charge in [0.15, 0.2) is 5.78 Å². The van der Waals surface area contributed by atoms with E-state index < -0.39 is 5.92 Å². The molecule has 0 N–H and O–H groups in total. The summed E-state index contributed by atoms with van der Waals surface area (Å²) in [6, 6.07) is 7.48. The van der Waals surface area contributed by atoms with E-state index in [9.17, 15) is 4.79 Å². The molecule has 2 aromatic heterocycles. The summed E-state index contributed by atoms with van der Waals surface area (Å²) in [5.41, 5.74) is 0.594. The second-order valence-corrected chi connectivity index (χ2v) is 6.35. The first kappa shape index (κ1) is 11.5. The highest BCUT2D eigenvalue weighted by Gasteiger charge is 2.23. The van der Waals surface area contributed by atoms with E-state index in [1.54, 1.807) is 11.4 Å². The minimum absolute atomic E-state index is 0.132. The molecule has 0 aliphatic carbocycles. The SMILES string of the molecule is N#CC(C(=O)c1csc(Br)c1)c1cccs1. The predicted octanol–water partition coefficient (Wildman–Crippen LogP) is 4.06. The van der Waals surface area contributed by atoms with Gasteiger partial charge in [0.2, 0.25) is 0 Å². The minimum atomic E-state index is -0.679. The molecule has 0 saturated carbocycles. The lowest BCUT2D eigenvalue weighted by molar-refractivity contribution is 0.0980. The first-order valence-corrected chi connectivity index (χ1v) is 6.99. The Kier molecular flexibility index (Phi) is 3.54. The number of hydrogen-bond acceptors (Lipinski definition) is 4. The Hall–Kier alpha value is -0.960. The number of nitrogens with zero attached hydrogens (tertiary/aromatic N) is 1. The van der Waals surface area contributed by atoms with Crippen LogP contribution < -0.4 is 0 Å². The quantitative estimate of drug-likeness (QED) is 0.802. The van der Waals surface area contributed by atoms with Crippen molar-refractivity contribution in [1.29, 1.82) is 5.26 Å². The molecule has 0 saturated heterocycles. The second kappa shape index (κ2) is 4.91. The normalized spacial score (nSPS) is 12.0. The van der Waals surface area contributed by atoms with Crippen LogP contribution in [0.4, 0.5) is 0 Å². The van der Waals surface area contributed by atoms with Crippen molar-refractivity contribution in [2.45, 2.75) is 5.92 Å². The van der Waals surface area contributed by atoms with Gasteiger partial charge in [-0.25, -0.2) is 0 Å². The van der Waals surface area contributed by atoms with Crippen LogP contribution in [0.25, 0.3) is 0 Å². The maximum absolute atomic E-state index is 12.1. The molecule has 5 heteroatoms. The molecule has 80 valence electrons. The Labute approximate surface area is 109 Å². The summed E-state index contributed by atoms with van der Waals surface area (Å²) in [4.78, 5) is 12.9. The fourth-order valence-corrected chi connectivity index (χ4v) is 3.23. The number of halogens is 1. The van der Waals surface area contributed by atoms with Crippen molar-refractivity contribution in [3.05, 3.63) is 43.2 Å². The van der Waals surface area contributed by atoms with Crippen LogP contribution in [-0.4, -0.2) is 5.78 Å². The van der Waals surface area contributed by atoms with Crippen molar-refractivity contribution in [2.75, 3.05) is 0 Å². The highest BCUT2D eigenvalue weighted by molar-refractivity contribution is 9.11. The van der Waals surface area contributed by atoms with Crippen molar-refractivity contribution < 1.29 is 4.79 Å². The van der Waals surface area contributed by atoms with Gasteiger partial charge in [-0.3, -0.25) is 4.79 Å². The Balaban J connectivity index is 2.31. The van der Waals surface area contributed by atoms with Crippen molar-refractivity contribution >= 4 is 44.4 Å². The molecule has 2 aromatic rings. The van der Waals surface area contributed by atoms with E-state index in [2.05, 4.69) is 22.0 Å². The zero-order valence-electron chi connectivity index (χ0n) is 8.01. The standard InChI is InChI=1S/C11H6BrNOS2/c12-10-4-7(6-16-10)11(14)8(5-13)9-2-1-3-15-9/h1-4,6,8H. The Morgan fingerprint density at radius 3 is 2.81 bits per heavy atom. The van der Waals surface area contributed by atoms with Crippen molar-refractivity contribution in [1.82, 2.24) is 0 Å². The van der Waals surface area contributed by atoms with Crippen LogP contribution in [0, 0.1) is 11.3 Å². The van der Waals surface area contributed by atoms with Crippen molar-refractivity contribution in [3.63, 3.8) is 0 Å². The number of carbonyl (C=O) groups is 1. The van der Waals surface area contributed by atoms with E-state index in [4.69, 9.17) is 5.26 Å². The third-order valence-corrected chi connectivity index (χ3v) is 4.51. The van der Waals surface area contributed by atoms with Gasteiger partial charge in [-0.1, -0.05) is 6.07 Å². The molecule has 1 atom stereocenters. The number of ketones is 1. The maximum atomic E-state index is 12.1. The molecule has 2 nitrogen and oxygen atoms in total. The monoisotopic (exact) mass is 311 g/mol. The van der Waals surface area contributed by atoms with Crippen LogP contribution >= 0.6 is 38.6 Å². The Morgan fingerprint density at radius 2 is 2.31 bits per heavy atom. The van der Waals surface area contributed by atoms with Crippen LogP contribution in [0.15, 0.2) is 32.7 Å². The van der Waals surface area contributed by atoms with Gasteiger partial charge in [-0.05, 0) is 33.4 Å². The molecule has 0 spiro atoms. The molecule has 0 radical (unpaired) electrons. The van der Waals surface area contributed by atoms with Gasteiger partial charge in [0.05, 0.1) is 9.86 Å². The molecule has 0 bridgehead atoms. The average molecular weight is 312 g/mol. The number of hydrogen-bond donors (Lipinski definition) is 0. The zero-order chi connectivity index (χ0) is 11.5. The van der Waals surface area contributed by atoms with Crippen LogP contribution in [-0.2, 0) is 0 Å². The van der Waals surface area contributed by atoms with Crippen molar-refractivity contribution in [2.24, 2.45) is 0 Å². The smallest absolute Gasteiger partial charge is 0.186 e.